The second kappa shape index (κ2) is 6.15. The molecule has 27 heavy (non-hydrogen) atoms. The van der Waals surface area contributed by atoms with E-state index in [1.807, 2.05) is 36.5 Å². The van der Waals surface area contributed by atoms with Gasteiger partial charge >= 0.3 is 5.97 Å². The molecule has 1 aromatic heterocycles. The first-order valence-electron chi connectivity index (χ1n) is 9.55. The minimum absolute atomic E-state index is 0.0158. The van der Waals surface area contributed by atoms with E-state index in [4.69, 9.17) is 4.74 Å². The molecule has 1 aliphatic carbocycles. The molecular weight excluding hydrogens is 342 g/mol. The van der Waals surface area contributed by atoms with Gasteiger partial charge in [0.05, 0.1) is 24.6 Å². The molecule has 1 atom stereocenters. The molecule has 2 fully saturated rings. The van der Waals surface area contributed by atoms with Gasteiger partial charge in [-0.1, -0.05) is 30.3 Å². The third kappa shape index (κ3) is 2.71. The Hall–Kier alpha value is -2.76. The van der Waals surface area contributed by atoms with E-state index >= 15 is 0 Å². The van der Waals surface area contributed by atoms with Gasteiger partial charge in [0.1, 0.15) is 5.60 Å². The molecule has 6 heteroatoms. The van der Waals surface area contributed by atoms with Gasteiger partial charge in [0, 0.05) is 23.9 Å². The van der Waals surface area contributed by atoms with Crippen LogP contribution < -0.4 is 0 Å². The molecule has 3 heterocycles. The number of benzene rings is 1. The second-order valence-electron chi connectivity index (χ2n) is 7.73. The molecule has 138 valence electrons. The Morgan fingerprint density at radius 3 is 2.70 bits per heavy atom. The van der Waals surface area contributed by atoms with Crippen molar-refractivity contribution >= 4 is 11.9 Å². The summed E-state index contributed by atoms with van der Waals surface area (Å²) in [6.45, 7) is 0.974. The topological polar surface area (TPSA) is 72.4 Å². The van der Waals surface area contributed by atoms with Crippen LogP contribution in [0, 0.1) is 5.92 Å². The van der Waals surface area contributed by atoms with Gasteiger partial charge in [-0.15, -0.1) is 0 Å². The van der Waals surface area contributed by atoms with Crippen molar-refractivity contribution in [2.45, 2.75) is 50.8 Å². The van der Waals surface area contributed by atoms with Crippen LogP contribution in [0.1, 0.15) is 43.4 Å². The van der Waals surface area contributed by atoms with E-state index in [-0.39, 0.29) is 24.2 Å². The summed E-state index contributed by atoms with van der Waals surface area (Å²) in [5.41, 5.74) is 2.27. The lowest BCUT2D eigenvalue weighted by Gasteiger charge is -2.30. The Balaban J connectivity index is 1.38. The van der Waals surface area contributed by atoms with Gasteiger partial charge in [-0.05, 0) is 25.7 Å². The highest BCUT2D eigenvalue weighted by Crippen LogP contribution is 2.46. The van der Waals surface area contributed by atoms with E-state index < -0.39 is 5.60 Å². The fourth-order valence-corrected chi connectivity index (χ4v) is 4.68. The van der Waals surface area contributed by atoms with Crippen LogP contribution in [0.15, 0.2) is 36.5 Å². The quantitative estimate of drug-likeness (QED) is 0.767. The van der Waals surface area contributed by atoms with Crippen LogP contribution in [-0.4, -0.2) is 32.3 Å². The highest BCUT2D eigenvalue weighted by molar-refractivity contribution is 5.88. The number of hydrogen-bond donors (Lipinski definition) is 0. The van der Waals surface area contributed by atoms with Crippen LogP contribution in [-0.2, 0) is 27.4 Å². The summed E-state index contributed by atoms with van der Waals surface area (Å²) in [6.07, 6.45) is 5.65. The van der Waals surface area contributed by atoms with Gasteiger partial charge < -0.3 is 9.64 Å². The number of amides is 1. The molecule has 1 aromatic carbocycles. The number of carbonyl (C=O) groups is 2. The van der Waals surface area contributed by atoms with Crippen molar-refractivity contribution in [3.8, 4) is 11.4 Å². The normalized spacial score (nSPS) is 22.9. The van der Waals surface area contributed by atoms with Gasteiger partial charge in [0.15, 0.2) is 5.82 Å². The number of carbonyl (C=O) groups excluding carboxylic acids is 2. The van der Waals surface area contributed by atoms with Crippen LogP contribution in [0.4, 0.5) is 0 Å². The molecule has 6 nitrogen and oxygen atoms in total. The maximum absolute atomic E-state index is 13.2. The summed E-state index contributed by atoms with van der Waals surface area (Å²) >= 11 is 0. The number of esters is 1. The van der Waals surface area contributed by atoms with Crippen LogP contribution in [0.25, 0.3) is 11.4 Å². The summed E-state index contributed by atoms with van der Waals surface area (Å²) in [4.78, 5) is 36.1. The zero-order chi connectivity index (χ0) is 18.4. The Bertz CT molecular complexity index is 906. The van der Waals surface area contributed by atoms with E-state index in [0.717, 1.165) is 42.5 Å². The predicted octanol–water partition coefficient (Wildman–Crippen LogP) is 2.86. The van der Waals surface area contributed by atoms with E-state index in [9.17, 15) is 9.59 Å². The Morgan fingerprint density at radius 1 is 1.15 bits per heavy atom. The molecule has 1 saturated carbocycles. The molecule has 1 amide bonds. The van der Waals surface area contributed by atoms with Gasteiger partial charge in [-0.3, -0.25) is 9.59 Å². The first kappa shape index (κ1) is 16.4. The first-order chi connectivity index (χ1) is 13.1. The van der Waals surface area contributed by atoms with Crippen molar-refractivity contribution in [3.05, 3.63) is 47.8 Å². The van der Waals surface area contributed by atoms with Crippen LogP contribution in [0.5, 0.6) is 0 Å². The molecule has 2 aromatic rings. The number of aromatic nitrogens is 2. The second-order valence-corrected chi connectivity index (χ2v) is 7.73. The van der Waals surface area contributed by atoms with E-state index in [1.165, 1.54) is 0 Å². The van der Waals surface area contributed by atoms with Crippen molar-refractivity contribution in [2.24, 2.45) is 5.92 Å². The summed E-state index contributed by atoms with van der Waals surface area (Å²) in [6, 6.07) is 9.83. The zero-order valence-electron chi connectivity index (χ0n) is 15.1. The standard InChI is InChI=1S/C21H21N3O3/c25-18-10-16(21(27-18)8-4-5-9-21)20(26)24-12-15-11-22-19(23-17(15)13-24)14-6-2-1-3-7-14/h1-3,6-7,11,16H,4-5,8-10,12-13H2/t16-/m0/s1. The SMILES string of the molecule is O=C1C[C@@H](C(=O)N2Cc3cnc(-c4ccccc4)nc3C2)C2(CCCC2)O1. The molecule has 1 saturated heterocycles. The number of rotatable bonds is 2. The molecule has 0 bridgehead atoms. The van der Waals surface area contributed by atoms with Crippen molar-refractivity contribution in [1.82, 2.24) is 14.9 Å². The van der Waals surface area contributed by atoms with E-state index in [2.05, 4.69) is 9.97 Å². The summed E-state index contributed by atoms with van der Waals surface area (Å²) in [7, 11) is 0. The fraction of sp³-hybridized carbons (Fsp3) is 0.429. The number of ether oxygens (including phenoxy) is 1. The molecule has 2 aliphatic heterocycles. The van der Waals surface area contributed by atoms with Crippen LogP contribution >= 0.6 is 0 Å². The monoisotopic (exact) mass is 363 g/mol. The predicted molar refractivity (Wildman–Crippen MR) is 97.1 cm³/mol. The maximum Gasteiger partial charge on any atom is 0.307 e. The maximum atomic E-state index is 13.2. The lowest BCUT2D eigenvalue weighted by Crippen LogP contribution is -2.43. The van der Waals surface area contributed by atoms with Crippen molar-refractivity contribution in [1.29, 1.82) is 0 Å². The lowest BCUT2D eigenvalue weighted by molar-refractivity contribution is -0.151. The Labute approximate surface area is 157 Å². The fourth-order valence-electron chi connectivity index (χ4n) is 4.68. The molecule has 0 radical (unpaired) electrons. The van der Waals surface area contributed by atoms with Crippen molar-refractivity contribution in [3.63, 3.8) is 0 Å². The van der Waals surface area contributed by atoms with Gasteiger partial charge in [-0.25, -0.2) is 9.97 Å². The van der Waals surface area contributed by atoms with Gasteiger partial charge in [0.2, 0.25) is 5.91 Å². The summed E-state index contributed by atoms with van der Waals surface area (Å²) < 4.78 is 5.64. The largest absolute Gasteiger partial charge is 0.458 e. The smallest absolute Gasteiger partial charge is 0.307 e. The molecule has 1 spiro atoms. The Morgan fingerprint density at radius 2 is 1.93 bits per heavy atom. The summed E-state index contributed by atoms with van der Waals surface area (Å²) in [5.74, 6) is 0.0961. The third-order valence-corrected chi connectivity index (χ3v) is 6.07. The van der Waals surface area contributed by atoms with E-state index in [1.54, 1.807) is 4.90 Å². The molecule has 0 unspecified atom stereocenters. The van der Waals surface area contributed by atoms with Crippen LogP contribution in [0.3, 0.4) is 0 Å². The lowest BCUT2D eigenvalue weighted by atomic mass is 9.84. The molecule has 5 rings (SSSR count). The highest BCUT2D eigenvalue weighted by Gasteiger charge is 2.55. The minimum atomic E-state index is -0.566. The van der Waals surface area contributed by atoms with Crippen molar-refractivity contribution in [2.75, 3.05) is 0 Å². The summed E-state index contributed by atoms with van der Waals surface area (Å²) in [5, 5.41) is 0. The van der Waals surface area contributed by atoms with Crippen molar-refractivity contribution < 1.29 is 14.3 Å². The minimum Gasteiger partial charge on any atom is -0.458 e. The number of nitrogens with zero attached hydrogens (tertiary/aromatic N) is 3. The molecule has 0 N–H and O–H groups in total. The number of fused-ring (bicyclic) bond motifs is 1. The first-order valence-corrected chi connectivity index (χ1v) is 9.55. The average molecular weight is 363 g/mol. The number of hydrogen-bond acceptors (Lipinski definition) is 5. The zero-order valence-corrected chi connectivity index (χ0v) is 15.1. The van der Waals surface area contributed by atoms with Gasteiger partial charge in [0.25, 0.3) is 0 Å². The van der Waals surface area contributed by atoms with Crippen LogP contribution in [0.2, 0.25) is 0 Å². The highest BCUT2D eigenvalue weighted by atomic mass is 16.6. The average Bonchev–Trinajstić information content (AvgIpc) is 3.40. The Kier molecular flexibility index (Phi) is 3.74. The van der Waals surface area contributed by atoms with E-state index in [0.29, 0.717) is 18.9 Å². The van der Waals surface area contributed by atoms with Gasteiger partial charge in [-0.2, -0.15) is 0 Å². The molecular formula is C21H21N3O3. The third-order valence-electron chi connectivity index (χ3n) is 6.07. The molecule has 3 aliphatic rings.